The van der Waals surface area contributed by atoms with Crippen molar-refractivity contribution in [3.63, 3.8) is 0 Å². The molecular weight excluding hydrogens is 340 g/mol. The summed E-state index contributed by atoms with van der Waals surface area (Å²) in [6, 6.07) is 22.8. The van der Waals surface area contributed by atoms with Gasteiger partial charge in [-0.1, -0.05) is 60.7 Å². The van der Waals surface area contributed by atoms with Gasteiger partial charge in [-0.2, -0.15) is 0 Å². The summed E-state index contributed by atoms with van der Waals surface area (Å²) in [5.41, 5.74) is 3.90. The van der Waals surface area contributed by atoms with E-state index in [1.165, 1.54) is 0 Å². The first-order chi connectivity index (χ1) is 13.2. The normalized spacial score (nSPS) is 12.2. The Hall–Kier alpha value is -3.31. The monoisotopic (exact) mass is 360 g/mol. The Labute approximate surface area is 156 Å². The maximum atomic E-state index is 12.8. The molecule has 0 radical (unpaired) electrons. The summed E-state index contributed by atoms with van der Waals surface area (Å²) in [4.78, 5) is 12.8. The lowest BCUT2D eigenvalue weighted by molar-refractivity contribution is 0.0908. The molecule has 1 atom stereocenters. The molecule has 2 aromatic heterocycles. The molecule has 2 heterocycles. The number of nitrogens with one attached hydrogen (secondary N) is 1. The number of benzene rings is 2. The fraction of sp³-hybridized carbons (Fsp3) is 0.136. The fourth-order valence-corrected chi connectivity index (χ4v) is 3.17. The van der Waals surface area contributed by atoms with Gasteiger partial charge in [-0.25, -0.2) is 0 Å². The fourth-order valence-electron chi connectivity index (χ4n) is 3.17. The summed E-state index contributed by atoms with van der Waals surface area (Å²) in [6.45, 7) is 0.703. The molecule has 0 bridgehead atoms. The second kappa shape index (κ2) is 7.51. The molecule has 1 amide bonds. The Morgan fingerprint density at radius 1 is 1.04 bits per heavy atom. The molecule has 0 aliphatic carbocycles. The zero-order valence-corrected chi connectivity index (χ0v) is 14.7. The molecule has 4 rings (SSSR count). The van der Waals surface area contributed by atoms with Crippen LogP contribution in [0.3, 0.4) is 0 Å². The van der Waals surface area contributed by atoms with Crippen LogP contribution in [0.2, 0.25) is 0 Å². The van der Waals surface area contributed by atoms with Gasteiger partial charge in [0.15, 0.2) is 5.58 Å². The Morgan fingerprint density at radius 2 is 1.74 bits per heavy atom. The number of carbonyl (C=O) groups is 1. The van der Waals surface area contributed by atoms with Gasteiger partial charge in [0.05, 0.1) is 17.9 Å². The number of fused-ring (bicyclic) bond motifs is 1. The van der Waals surface area contributed by atoms with E-state index in [0.29, 0.717) is 17.8 Å². The van der Waals surface area contributed by atoms with Gasteiger partial charge in [-0.15, -0.1) is 0 Å². The van der Waals surface area contributed by atoms with Gasteiger partial charge in [0.2, 0.25) is 0 Å². The van der Waals surface area contributed by atoms with E-state index in [2.05, 4.69) is 5.32 Å². The number of aromatic nitrogens is 1. The second-order valence-corrected chi connectivity index (χ2v) is 6.41. The molecule has 0 spiro atoms. The lowest BCUT2D eigenvalue weighted by atomic mass is 10.1. The van der Waals surface area contributed by atoms with Crippen molar-refractivity contribution in [2.75, 3.05) is 6.54 Å². The molecule has 2 aromatic carbocycles. The highest BCUT2D eigenvalue weighted by Crippen LogP contribution is 2.23. The van der Waals surface area contributed by atoms with E-state index in [0.717, 1.165) is 16.6 Å². The van der Waals surface area contributed by atoms with E-state index < -0.39 is 6.10 Å². The molecule has 5 heteroatoms. The third-order valence-electron chi connectivity index (χ3n) is 4.58. The first kappa shape index (κ1) is 17.1. The molecule has 0 aliphatic heterocycles. The molecule has 136 valence electrons. The number of carbonyl (C=O) groups excluding carboxylic acids is 1. The zero-order chi connectivity index (χ0) is 18.6. The first-order valence-corrected chi connectivity index (χ1v) is 8.84. The second-order valence-electron chi connectivity index (χ2n) is 6.41. The van der Waals surface area contributed by atoms with E-state index in [-0.39, 0.29) is 12.5 Å². The zero-order valence-electron chi connectivity index (χ0n) is 14.7. The van der Waals surface area contributed by atoms with Crippen molar-refractivity contribution in [3.8, 4) is 0 Å². The number of aliphatic hydroxyl groups excluding tert-OH is 1. The minimum absolute atomic E-state index is 0.140. The minimum Gasteiger partial charge on any atom is -0.463 e. The van der Waals surface area contributed by atoms with Crippen molar-refractivity contribution >= 4 is 17.0 Å². The third kappa shape index (κ3) is 3.64. The van der Waals surface area contributed by atoms with E-state index in [1.54, 1.807) is 12.3 Å². The number of hydrogen-bond acceptors (Lipinski definition) is 3. The van der Waals surface area contributed by atoms with Gasteiger partial charge >= 0.3 is 0 Å². The number of hydrogen-bond donors (Lipinski definition) is 2. The summed E-state index contributed by atoms with van der Waals surface area (Å²) in [5.74, 6) is -0.243. The lowest BCUT2D eigenvalue weighted by Crippen LogP contribution is -2.30. The van der Waals surface area contributed by atoms with E-state index in [4.69, 9.17) is 4.42 Å². The van der Waals surface area contributed by atoms with Crippen LogP contribution in [0, 0.1) is 0 Å². The van der Waals surface area contributed by atoms with Gasteiger partial charge in [-0.05, 0) is 11.1 Å². The topological polar surface area (TPSA) is 67.4 Å². The third-order valence-corrected chi connectivity index (χ3v) is 4.58. The van der Waals surface area contributed by atoms with Crippen LogP contribution in [-0.2, 0) is 6.54 Å². The van der Waals surface area contributed by atoms with Crippen LogP contribution in [-0.4, -0.2) is 22.1 Å². The quantitative estimate of drug-likeness (QED) is 0.550. The van der Waals surface area contributed by atoms with Crippen molar-refractivity contribution in [2.24, 2.45) is 0 Å². The van der Waals surface area contributed by atoms with Crippen molar-refractivity contribution in [2.45, 2.75) is 12.6 Å². The maximum absolute atomic E-state index is 12.8. The highest BCUT2D eigenvalue weighted by molar-refractivity contribution is 5.97. The standard InChI is InChI=1S/C22H20N2O3/c25-20(17-9-5-2-6-10-17)14-23-22(26)19-13-21-18(11-12-27-21)24(19)15-16-7-3-1-4-8-16/h1-13,20,25H,14-15H2,(H,23,26). The van der Waals surface area contributed by atoms with Crippen LogP contribution in [0.25, 0.3) is 11.1 Å². The predicted octanol–water partition coefficient (Wildman–Crippen LogP) is 3.75. The molecule has 0 saturated heterocycles. The number of amides is 1. The molecule has 0 saturated carbocycles. The smallest absolute Gasteiger partial charge is 0.268 e. The van der Waals surface area contributed by atoms with Crippen LogP contribution in [0.4, 0.5) is 0 Å². The van der Waals surface area contributed by atoms with Crippen LogP contribution in [0.5, 0.6) is 0 Å². The van der Waals surface area contributed by atoms with Crippen molar-refractivity contribution in [1.29, 1.82) is 0 Å². The van der Waals surface area contributed by atoms with Crippen molar-refractivity contribution < 1.29 is 14.3 Å². The molecule has 4 aromatic rings. The first-order valence-electron chi connectivity index (χ1n) is 8.84. The molecule has 27 heavy (non-hydrogen) atoms. The Kier molecular flexibility index (Phi) is 4.77. The molecular formula is C22H20N2O3. The molecule has 0 fully saturated rings. The summed E-state index contributed by atoms with van der Waals surface area (Å²) < 4.78 is 7.40. The Bertz CT molecular complexity index is 1040. The maximum Gasteiger partial charge on any atom is 0.268 e. The van der Waals surface area contributed by atoms with Crippen LogP contribution in [0.15, 0.2) is 83.5 Å². The number of aliphatic hydroxyl groups is 1. The summed E-state index contributed by atoms with van der Waals surface area (Å²) >= 11 is 0. The predicted molar refractivity (Wildman–Crippen MR) is 103 cm³/mol. The summed E-state index contributed by atoms with van der Waals surface area (Å²) in [6.07, 6.45) is 0.864. The Morgan fingerprint density at radius 3 is 2.48 bits per heavy atom. The average molecular weight is 360 g/mol. The van der Waals surface area contributed by atoms with Gasteiger partial charge < -0.3 is 19.4 Å². The number of rotatable bonds is 6. The van der Waals surface area contributed by atoms with Gasteiger partial charge in [0.25, 0.3) is 5.91 Å². The summed E-state index contributed by atoms with van der Waals surface area (Å²) in [7, 11) is 0. The Balaban J connectivity index is 1.55. The molecule has 1 unspecified atom stereocenters. The molecule has 0 aliphatic rings. The molecule has 5 nitrogen and oxygen atoms in total. The van der Waals surface area contributed by atoms with E-state index >= 15 is 0 Å². The van der Waals surface area contributed by atoms with Crippen LogP contribution in [0.1, 0.15) is 27.7 Å². The average Bonchev–Trinajstić information content (AvgIpc) is 3.30. The van der Waals surface area contributed by atoms with Crippen molar-refractivity contribution in [1.82, 2.24) is 9.88 Å². The number of furan rings is 1. The van der Waals surface area contributed by atoms with Crippen LogP contribution >= 0.6 is 0 Å². The lowest BCUT2D eigenvalue weighted by Gasteiger charge is -2.14. The SMILES string of the molecule is O=C(NCC(O)c1ccccc1)c1cc2occc2n1Cc1ccccc1. The number of nitrogens with zero attached hydrogens (tertiary/aromatic N) is 1. The highest BCUT2D eigenvalue weighted by atomic mass is 16.3. The van der Waals surface area contributed by atoms with Crippen molar-refractivity contribution in [3.05, 3.63) is 95.9 Å². The highest BCUT2D eigenvalue weighted by Gasteiger charge is 2.18. The van der Waals surface area contributed by atoms with E-state index in [9.17, 15) is 9.90 Å². The summed E-state index contributed by atoms with van der Waals surface area (Å²) in [5, 5.41) is 13.1. The van der Waals surface area contributed by atoms with E-state index in [1.807, 2.05) is 71.3 Å². The van der Waals surface area contributed by atoms with Gasteiger partial charge in [0.1, 0.15) is 5.69 Å². The largest absolute Gasteiger partial charge is 0.463 e. The molecule has 2 N–H and O–H groups in total. The van der Waals surface area contributed by atoms with Gasteiger partial charge in [-0.3, -0.25) is 4.79 Å². The van der Waals surface area contributed by atoms with Gasteiger partial charge in [0, 0.05) is 25.2 Å². The van der Waals surface area contributed by atoms with Crippen LogP contribution < -0.4 is 5.32 Å². The minimum atomic E-state index is -0.754.